The molecule has 0 bridgehead atoms. The van der Waals surface area contributed by atoms with Crippen LogP contribution in [-0.4, -0.2) is 47.4 Å². The van der Waals surface area contributed by atoms with E-state index in [1.54, 1.807) is 6.08 Å². The Kier molecular flexibility index (Phi) is 56.0. The number of carbonyl (C=O) groups excluding carboxylic acids is 2. The largest absolute Gasteiger partial charge is 0.466 e. The van der Waals surface area contributed by atoms with Crippen molar-refractivity contribution in [2.75, 3.05) is 13.2 Å². The molecule has 0 aromatic carbocycles. The number of rotatable bonds is 57. The molecule has 3 N–H and O–H groups in total. The molecule has 0 aliphatic rings. The number of ether oxygens (including phenoxy) is 1. The van der Waals surface area contributed by atoms with E-state index in [2.05, 4.69) is 19.2 Å². The number of allylic oxidation sites excluding steroid dienone is 1. The molecule has 0 saturated heterocycles. The molecule has 6 nitrogen and oxygen atoms in total. The van der Waals surface area contributed by atoms with Gasteiger partial charge in [-0.25, -0.2) is 0 Å². The van der Waals surface area contributed by atoms with E-state index >= 15 is 0 Å². The van der Waals surface area contributed by atoms with Crippen LogP contribution in [0.1, 0.15) is 341 Å². The first-order valence-corrected chi connectivity index (χ1v) is 30.5. The topological polar surface area (TPSA) is 95.9 Å². The lowest BCUT2D eigenvalue weighted by atomic mass is 10.0. The molecule has 0 aliphatic heterocycles. The molecule has 0 heterocycles. The summed E-state index contributed by atoms with van der Waals surface area (Å²) in [7, 11) is 0. The Bertz CT molecular complexity index is 1000. The number of nitrogens with one attached hydrogen (secondary N) is 1. The number of unbranched alkanes of at least 4 members (excludes halogenated alkanes) is 46. The van der Waals surface area contributed by atoms with Crippen LogP contribution in [0.4, 0.5) is 0 Å². The zero-order valence-corrected chi connectivity index (χ0v) is 45.4. The van der Waals surface area contributed by atoms with Gasteiger partial charge in [-0.15, -0.1) is 0 Å². The normalized spacial score (nSPS) is 12.6. The predicted octanol–water partition coefficient (Wildman–Crippen LogP) is 18.9. The molecule has 0 rings (SSSR count). The van der Waals surface area contributed by atoms with Crippen molar-refractivity contribution < 1.29 is 24.5 Å². The van der Waals surface area contributed by atoms with E-state index in [4.69, 9.17) is 4.74 Å². The van der Waals surface area contributed by atoms with E-state index in [9.17, 15) is 19.8 Å². The zero-order chi connectivity index (χ0) is 48.6. The highest BCUT2D eigenvalue weighted by molar-refractivity contribution is 5.76. The highest BCUT2D eigenvalue weighted by atomic mass is 16.5. The Morgan fingerprint density at radius 3 is 1.01 bits per heavy atom. The van der Waals surface area contributed by atoms with Gasteiger partial charge in [-0.05, 0) is 32.1 Å². The summed E-state index contributed by atoms with van der Waals surface area (Å²) in [5.74, 6) is -0.0593. The maximum atomic E-state index is 12.5. The van der Waals surface area contributed by atoms with Gasteiger partial charge in [-0.2, -0.15) is 0 Å². The van der Waals surface area contributed by atoms with Crippen LogP contribution in [0.25, 0.3) is 0 Å². The molecule has 2 unspecified atom stereocenters. The van der Waals surface area contributed by atoms with Gasteiger partial charge in [0.2, 0.25) is 5.91 Å². The molecule has 0 aliphatic carbocycles. The van der Waals surface area contributed by atoms with E-state index in [0.717, 1.165) is 38.5 Å². The molecule has 6 heteroatoms. The maximum absolute atomic E-state index is 12.5. The first-order valence-electron chi connectivity index (χ1n) is 30.5. The molecule has 0 aromatic rings. The molecule has 0 spiro atoms. The number of hydrogen-bond donors (Lipinski definition) is 3. The molecule has 0 radical (unpaired) electrons. The fourth-order valence-corrected chi connectivity index (χ4v) is 9.64. The Labute approximate surface area is 419 Å². The third kappa shape index (κ3) is 53.8. The van der Waals surface area contributed by atoms with Crippen molar-refractivity contribution in [1.29, 1.82) is 0 Å². The van der Waals surface area contributed by atoms with Gasteiger partial charge < -0.3 is 20.3 Å². The average Bonchev–Trinajstić information content (AvgIpc) is 3.33. The lowest BCUT2D eigenvalue weighted by molar-refractivity contribution is -0.143. The van der Waals surface area contributed by atoms with Crippen LogP contribution in [0.5, 0.6) is 0 Å². The smallest absolute Gasteiger partial charge is 0.305 e. The van der Waals surface area contributed by atoms with Crippen molar-refractivity contribution in [2.24, 2.45) is 0 Å². The fourth-order valence-electron chi connectivity index (χ4n) is 9.64. The number of aliphatic hydroxyl groups excluding tert-OH is 2. The van der Waals surface area contributed by atoms with Crippen LogP contribution in [0.3, 0.4) is 0 Å². The van der Waals surface area contributed by atoms with Crippen LogP contribution >= 0.6 is 0 Å². The molecule has 0 saturated carbocycles. The van der Waals surface area contributed by atoms with Crippen molar-refractivity contribution >= 4 is 11.9 Å². The van der Waals surface area contributed by atoms with E-state index in [1.165, 1.54) is 276 Å². The predicted molar refractivity (Wildman–Crippen MR) is 292 cm³/mol. The maximum Gasteiger partial charge on any atom is 0.305 e. The summed E-state index contributed by atoms with van der Waals surface area (Å²) >= 11 is 0. The summed E-state index contributed by atoms with van der Waals surface area (Å²) in [6.07, 6.45) is 68.1. The van der Waals surface area contributed by atoms with Crippen LogP contribution in [0.15, 0.2) is 12.2 Å². The number of carbonyl (C=O) groups is 2. The highest BCUT2D eigenvalue weighted by Gasteiger charge is 2.18. The number of aliphatic hydroxyl groups is 2. The Balaban J connectivity index is 3.42. The second kappa shape index (κ2) is 57.2. The molecule has 0 fully saturated rings. The molecular weight excluding hydrogens is 827 g/mol. The van der Waals surface area contributed by atoms with Crippen molar-refractivity contribution in [3.63, 3.8) is 0 Å². The van der Waals surface area contributed by atoms with Gasteiger partial charge in [0, 0.05) is 12.8 Å². The van der Waals surface area contributed by atoms with Gasteiger partial charge in [-0.1, -0.05) is 309 Å². The summed E-state index contributed by atoms with van der Waals surface area (Å²) in [4.78, 5) is 24.5. The van der Waals surface area contributed by atoms with Crippen molar-refractivity contribution in [3.05, 3.63) is 12.2 Å². The lowest BCUT2D eigenvalue weighted by Crippen LogP contribution is -2.45. The average molecular weight is 947 g/mol. The second-order valence-corrected chi connectivity index (χ2v) is 21.0. The van der Waals surface area contributed by atoms with E-state index in [1.807, 2.05) is 6.08 Å². The standard InChI is InChI=1S/C61H119NO5/c1-3-5-7-9-11-13-15-17-19-20-23-26-29-33-37-41-45-49-53-59(64)58(57-63)62-60(65)54-50-46-42-38-34-30-27-24-21-22-25-28-32-36-40-44-48-52-56-67-61(66)55-51-47-43-39-35-31-18-16-14-12-10-8-6-4-2/h49,53,58-59,63-64H,3-48,50-52,54-57H2,1-2H3,(H,62,65)/b53-49+. The van der Waals surface area contributed by atoms with E-state index in [0.29, 0.717) is 19.4 Å². The fraction of sp³-hybridized carbons (Fsp3) is 0.934. The van der Waals surface area contributed by atoms with Crippen LogP contribution in [0.2, 0.25) is 0 Å². The summed E-state index contributed by atoms with van der Waals surface area (Å²) < 4.78 is 5.48. The molecule has 0 aromatic heterocycles. The van der Waals surface area contributed by atoms with Gasteiger partial charge in [0.1, 0.15) is 0 Å². The van der Waals surface area contributed by atoms with Crippen molar-refractivity contribution in [3.8, 4) is 0 Å². The highest BCUT2D eigenvalue weighted by Crippen LogP contribution is 2.18. The third-order valence-corrected chi connectivity index (χ3v) is 14.3. The molecule has 2 atom stereocenters. The lowest BCUT2D eigenvalue weighted by Gasteiger charge is -2.20. The summed E-state index contributed by atoms with van der Waals surface area (Å²) in [6, 6.07) is -0.630. The first-order chi connectivity index (χ1) is 33.0. The Hall–Kier alpha value is -1.40. The zero-order valence-electron chi connectivity index (χ0n) is 45.4. The van der Waals surface area contributed by atoms with Crippen molar-refractivity contribution in [2.45, 2.75) is 353 Å². The van der Waals surface area contributed by atoms with Gasteiger partial charge in [-0.3, -0.25) is 9.59 Å². The van der Waals surface area contributed by atoms with Crippen LogP contribution in [-0.2, 0) is 14.3 Å². The molecule has 67 heavy (non-hydrogen) atoms. The summed E-state index contributed by atoms with van der Waals surface area (Å²) in [5, 5.41) is 23.2. The molecule has 398 valence electrons. The molecular formula is C61H119NO5. The van der Waals surface area contributed by atoms with E-state index < -0.39 is 12.1 Å². The quantitative estimate of drug-likeness (QED) is 0.0321. The van der Waals surface area contributed by atoms with E-state index in [-0.39, 0.29) is 18.5 Å². The monoisotopic (exact) mass is 946 g/mol. The first kappa shape index (κ1) is 65.6. The minimum atomic E-state index is -0.847. The number of hydrogen-bond acceptors (Lipinski definition) is 5. The third-order valence-electron chi connectivity index (χ3n) is 14.3. The van der Waals surface area contributed by atoms with Crippen LogP contribution in [0, 0.1) is 0 Å². The van der Waals surface area contributed by atoms with Gasteiger partial charge in [0.15, 0.2) is 0 Å². The number of amides is 1. The minimum absolute atomic E-state index is 0.00948. The van der Waals surface area contributed by atoms with Crippen LogP contribution < -0.4 is 5.32 Å². The summed E-state index contributed by atoms with van der Waals surface area (Å²) in [6.45, 7) is 4.92. The van der Waals surface area contributed by atoms with Gasteiger partial charge in [0.05, 0.1) is 25.4 Å². The van der Waals surface area contributed by atoms with Gasteiger partial charge >= 0.3 is 5.97 Å². The summed E-state index contributed by atoms with van der Waals surface area (Å²) in [5.41, 5.74) is 0. The van der Waals surface area contributed by atoms with Gasteiger partial charge in [0.25, 0.3) is 0 Å². The second-order valence-electron chi connectivity index (χ2n) is 21.0. The Morgan fingerprint density at radius 1 is 0.403 bits per heavy atom. The minimum Gasteiger partial charge on any atom is -0.466 e. The number of esters is 1. The SMILES string of the molecule is CCCCCCCCCCCCCCCCCC/C=C/C(O)C(CO)NC(=O)CCCCCCCCCCCCCCCCCCCCOC(=O)CCCCCCCCCCCCCCCC. The Morgan fingerprint density at radius 2 is 0.687 bits per heavy atom. The van der Waals surface area contributed by atoms with Crippen molar-refractivity contribution in [1.82, 2.24) is 5.32 Å². The molecule has 1 amide bonds.